The molecular weight excluding hydrogens is 466 g/mol. The third kappa shape index (κ3) is 4.99. The zero-order valence-electron chi connectivity index (χ0n) is 17.0. The molecule has 33 heavy (non-hydrogen) atoms. The Morgan fingerprint density at radius 1 is 1.00 bits per heavy atom. The van der Waals surface area contributed by atoms with Crippen LogP contribution in [0.5, 0.6) is 0 Å². The van der Waals surface area contributed by atoms with Crippen LogP contribution in [0, 0.1) is 12.3 Å². The molecule has 0 unspecified atom stereocenters. The van der Waals surface area contributed by atoms with E-state index in [0.717, 1.165) is 0 Å². The fourth-order valence-electron chi connectivity index (χ4n) is 3.17. The van der Waals surface area contributed by atoms with Gasteiger partial charge >= 0.3 is 5.97 Å². The van der Waals surface area contributed by atoms with E-state index in [1.54, 1.807) is 18.2 Å². The first-order valence-electron chi connectivity index (χ1n) is 9.30. The highest BCUT2D eigenvalue weighted by Crippen LogP contribution is 2.38. The molecule has 168 valence electrons. The van der Waals surface area contributed by atoms with Gasteiger partial charge in [0.1, 0.15) is 0 Å². The van der Waals surface area contributed by atoms with Gasteiger partial charge in [-0.3, -0.25) is 4.79 Å². The molecule has 0 aliphatic rings. The highest BCUT2D eigenvalue weighted by molar-refractivity contribution is 7.89. The lowest BCUT2D eigenvalue weighted by Crippen LogP contribution is -2.14. The summed E-state index contributed by atoms with van der Waals surface area (Å²) in [6.07, 6.45) is 5.12. The molecule has 0 aliphatic heterocycles. The number of terminal acetylenes is 1. The number of carbonyl (C=O) groups excluding carboxylic acids is 2. The number of benzene rings is 3. The highest BCUT2D eigenvalue weighted by atomic mass is 35.5. The molecule has 0 spiro atoms. The fraction of sp³-hybridized carbons (Fsp3) is 0.0435. The molecule has 0 heterocycles. The highest BCUT2D eigenvalue weighted by Gasteiger charge is 2.20. The van der Waals surface area contributed by atoms with Gasteiger partial charge in [-0.25, -0.2) is 18.4 Å². The van der Waals surface area contributed by atoms with Crippen molar-refractivity contribution < 1.29 is 22.7 Å². The van der Waals surface area contributed by atoms with E-state index in [4.69, 9.17) is 39.4 Å². The van der Waals surface area contributed by atoms with Gasteiger partial charge in [-0.1, -0.05) is 41.8 Å². The molecule has 3 rings (SSSR count). The van der Waals surface area contributed by atoms with Crippen molar-refractivity contribution in [1.29, 1.82) is 0 Å². The average molecular weight is 484 g/mol. The largest absolute Gasteiger partial charge is 0.449 e. The number of anilines is 1. The van der Waals surface area contributed by atoms with Crippen molar-refractivity contribution in [2.75, 3.05) is 12.3 Å². The van der Waals surface area contributed by atoms with Crippen LogP contribution in [0.2, 0.25) is 5.02 Å². The molecule has 3 aromatic carbocycles. The first-order chi connectivity index (χ1) is 15.5. The van der Waals surface area contributed by atoms with Gasteiger partial charge in [0, 0.05) is 11.1 Å². The molecular formula is C23H18ClN3O5S. The molecule has 6 N–H and O–H groups in total. The van der Waals surface area contributed by atoms with Crippen molar-refractivity contribution in [1.82, 2.24) is 0 Å². The van der Waals surface area contributed by atoms with Gasteiger partial charge in [0.25, 0.3) is 5.91 Å². The second-order valence-corrected chi connectivity index (χ2v) is 8.81. The molecule has 0 radical (unpaired) electrons. The van der Waals surface area contributed by atoms with Crippen molar-refractivity contribution >= 4 is 39.2 Å². The lowest BCUT2D eigenvalue weighted by atomic mass is 9.93. The number of carbonyl (C=O) groups is 2. The Morgan fingerprint density at radius 2 is 1.67 bits per heavy atom. The topological polar surface area (TPSA) is 156 Å². The lowest BCUT2D eigenvalue weighted by molar-refractivity contribution is 0.0557. The Bertz CT molecular complexity index is 1410. The first kappa shape index (κ1) is 23.8. The maximum atomic E-state index is 12.3. The van der Waals surface area contributed by atoms with Gasteiger partial charge < -0.3 is 16.2 Å². The summed E-state index contributed by atoms with van der Waals surface area (Å²) in [5, 5.41) is 5.23. The number of ether oxygens (including phenoxy) is 1. The van der Waals surface area contributed by atoms with E-state index in [-0.39, 0.29) is 33.3 Å². The minimum absolute atomic E-state index is 0.0226. The Morgan fingerprint density at radius 3 is 2.24 bits per heavy atom. The minimum atomic E-state index is -3.89. The van der Waals surface area contributed by atoms with Gasteiger partial charge in [-0.05, 0) is 41.5 Å². The third-order valence-corrected chi connectivity index (χ3v) is 6.09. The summed E-state index contributed by atoms with van der Waals surface area (Å²) >= 11 is 6.48. The molecule has 0 saturated carbocycles. The molecule has 10 heteroatoms. The zero-order valence-corrected chi connectivity index (χ0v) is 18.6. The van der Waals surface area contributed by atoms with Crippen LogP contribution in [-0.2, 0) is 14.8 Å². The second kappa shape index (κ2) is 9.34. The average Bonchev–Trinajstić information content (AvgIpc) is 2.77. The van der Waals surface area contributed by atoms with Crippen LogP contribution in [0.15, 0.2) is 59.5 Å². The van der Waals surface area contributed by atoms with E-state index in [1.807, 2.05) is 0 Å². The molecule has 0 bridgehead atoms. The number of nitrogen functional groups attached to an aromatic ring is 1. The SMILES string of the molecule is C#CCOC(=O)c1cccc(-c2cc(C(N)=O)c(N)c(-c3ccc(S(N)(=O)=O)cc3)c2)c1Cl. The van der Waals surface area contributed by atoms with Gasteiger partial charge in [-0.15, -0.1) is 6.42 Å². The summed E-state index contributed by atoms with van der Waals surface area (Å²) in [6, 6.07) is 13.4. The molecule has 0 atom stereocenters. The summed E-state index contributed by atoms with van der Waals surface area (Å²) < 4.78 is 28.0. The van der Waals surface area contributed by atoms with E-state index >= 15 is 0 Å². The van der Waals surface area contributed by atoms with Crippen molar-refractivity contribution in [3.63, 3.8) is 0 Å². The first-order valence-corrected chi connectivity index (χ1v) is 11.2. The molecule has 0 saturated heterocycles. The monoisotopic (exact) mass is 483 g/mol. The maximum absolute atomic E-state index is 12.3. The van der Waals surface area contributed by atoms with E-state index < -0.39 is 21.9 Å². The van der Waals surface area contributed by atoms with Gasteiger partial charge in [0.05, 0.1) is 26.7 Å². The number of hydrogen-bond donors (Lipinski definition) is 3. The Kier molecular flexibility index (Phi) is 6.74. The van der Waals surface area contributed by atoms with E-state index in [2.05, 4.69) is 5.92 Å². The summed E-state index contributed by atoms with van der Waals surface area (Å²) in [5.74, 6) is 0.718. The van der Waals surface area contributed by atoms with Crippen LogP contribution >= 0.6 is 11.6 Å². The number of esters is 1. The number of halogens is 1. The molecule has 0 fully saturated rings. The number of amides is 1. The van der Waals surface area contributed by atoms with Gasteiger partial charge in [-0.2, -0.15) is 0 Å². The third-order valence-electron chi connectivity index (χ3n) is 4.76. The lowest BCUT2D eigenvalue weighted by Gasteiger charge is -2.15. The summed E-state index contributed by atoms with van der Waals surface area (Å²) in [4.78, 5) is 24.3. The second-order valence-electron chi connectivity index (χ2n) is 6.87. The normalized spacial score (nSPS) is 10.9. The number of hydrogen-bond acceptors (Lipinski definition) is 6. The Balaban J connectivity index is 2.19. The smallest absolute Gasteiger partial charge is 0.340 e. The van der Waals surface area contributed by atoms with Gasteiger partial charge in [0.2, 0.25) is 10.0 Å². The molecule has 0 aromatic heterocycles. The Labute approximate surface area is 195 Å². The number of rotatable bonds is 6. The van der Waals surface area contributed by atoms with Crippen LogP contribution in [-0.4, -0.2) is 26.9 Å². The standard InChI is InChI=1S/C23H18ClN3O5S/c1-2-10-32-23(29)17-5-3-4-16(20(17)24)14-11-18(21(25)19(12-14)22(26)28)13-6-8-15(9-7-13)33(27,30)31/h1,3-9,11-12H,10,25H2,(H2,26,28)(H2,27,30,31). The number of primary amides is 1. The van der Waals surface area contributed by atoms with Crippen molar-refractivity contribution in [2.45, 2.75) is 4.90 Å². The van der Waals surface area contributed by atoms with Crippen LogP contribution in [0.25, 0.3) is 22.3 Å². The predicted molar refractivity (Wildman–Crippen MR) is 126 cm³/mol. The van der Waals surface area contributed by atoms with E-state index in [0.29, 0.717) is 22.3 Å². The summed E-state index contributed by atoms with van der Waals surface area (Å²) in [5.41, 5.74) is 13.7. The van der Waals surface area contributed by atoms with Crippen molar-refractivity contribution in [3.05, 3.63) is 70.7 Å². The van der Waals surface area contributed by atoms with Crippen LogP contribution in [0.1, 0.15) is 20.7 Å². The molecule has 1 amide bonds. The maximum Gasteiger partial charge on any atom is 0.340 e. The molecule has 8 nitrogen and oxygen atoms in total. The number of primary sulfonamides is 1. The quantitative estimate of drug-likeness (QED) is 0.278. The molecule has 3 aromatic rings. The van der Waals surface area contributed by atoms with E-state index in [9.17, 15) is 18.0 Å². The fourth-order valence-corrected chi connectivity index (χ4v) is 4.00. The summed E-state index contributed by atoms with van der Waals surface area (Å²) in [6.45, 7) is -0.217. The Hall–Kier alpha value is -3.84. The molecule has 0 aliphatic carbocycles. The van der Waals surface area contributed by atoms with Gasteiger partial charge in [0.15, 0.2) is 6.61 Å². The van der Waals surface area contributed by atoms with Crippen LogP contribution in [0.3, 0.4) is 0 Å². The van der Waals surface area contributed by atoms with Crippen molar-refractivity contribution in [3.8, 4) is 34.6 Å². The zero-order chi connectivity index (χ0) is 24.3. The summed E-state index contributed by atoms with van der Waals surface area (Å²) in [7, 11) is -3.89. The van der Waals surface area contributed by atoms with E-state index in [1.165, 1.54) is 36.4 Å². The predicted octanol–water partition coefficient (Wildman–Crippen LogP) is 2.79. The van der Waals surface area contributed by atoms with Crippen molar-refractivity contribution in [2.24, 2.45) is 10.9 Å². The number of sulfonamides is 1. The van der Waals surface area contributed by atoms with Crippen LogP contribution < -0.4 is 16.6 Å². The van der Waals surface area contributed by atoms with Crippen LogP contribution in [0.4, 0.5) is 5.69 Å². The number of nitrogens with two attached hydrogens (primary N) is 3. The minimum Gasteiger partial charge on any atom is -0.449 e.